The van der Waals surface area contributed by atoms with Crippen LogP contribution in [0.4, 0.5) is 5.69 Å². The lowest BCUT2D eigenvalue weighted by Crippen LogP contribution is -2.12. The first-order valence-electron chi connectivity index (χ1n) is 8.31. The van der Waals surface area contributed by atoms with Gasteiger partial charge in [-0.3, -0.25) is 4.79 Å². The molecule has 0 saturated heterocycles. The van der Waals surface area contributed by atoms with Gasteiger partial charge in [-0.1, -0.05) is 32.4 Å². The predicted octanol–water partition coefficient (Wildman–Crippen LogP) is 4.46. The van der Waals surface area contributed by atoms with Gasteiger partial charge in [-0.05, 0) is 54.8 Å². The van der Waals surface area contributed by atoms with Crippen molar-refractivity contribution in [3.63, 3.8) is 0 Å². The van der Waals surface area contributed by atoms with Gasteiger partial charge in [0, 0.05) is 11.3 Å². The summed E-state index contributed by atoms with van der Waals surface area (Å²) in [5.41, 5.74) is 2.92. The van der Waals surface area contributed by atoms with Crippen molar-refractivity contribution in [3.05, 3.63) is 65.2 Å². The van der Waals surface area contributed by atoms with E-state index in [4.69, 9.17) is 4.74 Å². The second kappa shape index (κ2) is 8.87. The van der Waals surface area contributed by atoms with Crippen LogP contribution in [0.2, 0.25) is 0 Å². The van der Waals surface area contributed by atoms with Crippen molar-refractivity contribution in [2.24, 2.45) is 0 Å². The highest BCUT2D eigenvalue weighted by atomic mass is 16.5. The number of carbonyl (C=O) groups is 2. The van der Waals surface area contributed by atoms with Gasteiger partial charge in [0.15, 0.2) is 0 Å². The molecule has 126 valence electrons. The summed E-state index contributed by atoms with van der Waals surface area (Å²) in [7, 11) is 0. The number of nitrogens with one attached hydrogen (secondary N) is 1. The van der Waals surface area contributed by atoms with E-state index in [1.54, 1.807) is 24.3 Å². The summed E-state index contributed by atoms with van der Waals surface area (Å²) in [5, 5.41) is 2.82. The lowest BCUT2D eigenvalue weighted by Gasteiger charge is -2.07. The molecule has 1 amide bonds. The number of esters is 1. The molecule has 0 aliphatic carbocycles. The maximum Gasteiger partial charge on any atom is 0.338 e. The van der Waals surface area contributed by atoms with Crippen molar-refractivity contribution in [2.45, 2.75) is 33.1 Å². The van der Waals surface area contributed by atoms with Crippen molar-refractivity contribution >= 4 is 17.6 Å². The standard InChI is InChI=1S/C20H23NO3/c1-3-5-14-24-20(23)17-10-12-18(13-11-17)21-19(22)16-8-6-15(4-2)7-9-16/h6-13H,3-5,14H2,1-2H3,(H,21,22). The third kappa shape index (κ3) is 4.95. The number of unbranched alkanes of at least 4 members (excludes halogenated alkanes) is 1. The minimum absolute atomic E-state index is 0.170. The summed E-state index contributed by atoms with van der Waals surface area (Å²) in [6, 6.07) is 14.2. The van der Waals surface area contributed by atoms with Crippen molar-refractivity contribution in [1.82, 2.24) is 0 Å². The molecule has 0 aliphatic rings. The van der Waals surface area contributed by atoms with Crippen LogP contribution in [0.1, 0.15) is 53.0 Å². The van der Waals surface area contributed by atoms with E-state index in [2.05, 4.69) is 12.2 Å². The van der Waals surface area contributed by atoms with Crippen LogP contribution in [0.5, 0.6) is 0 Å². The van der Waals surface area contributed by atoms with Crippen molar-refractivity contribution in [3.8, 4) is 0 Å². The van der Waals surface area contributed by atoms with Gasteiger partial charge in [-0.2, -0.15) is 0 Å². The molecule has 2 rings (SSSR count). The Hall–Kier alpha value is -2.62. The predicted molar refractivity (Wildman–Crippen MR) is 95.4 cm³/mol. The third-order valence-electron chi connectivity index (χ3n) is 3.73. The smallest absolute Gasteiger partial charge is 0.338 e. The molecular formula is C20H23NO3. The molecule has 0 heterocycles. The molecule has 0 radical (unpaired) electrons. The molecule has 0 saturated carbocycles. The zero-order valence-electron chi connectivity index (χ0n) is 14.2. The summed E-state index contributed by atoms with van der Waals surface area (Å²) in [6.45, 7) is 4.55. The molecule has 1 N–H and O–H groups in total. The average molecular weight is 325 g/mol. The topological polar surface area (TPSA) is 55.4 Å². The molecule has 4 nitrogen and oxygen atoms in total. The van der Waals surface area contributed by atoms with Gasteiger partial charge in [-0.15, -0.1) is 0 Å². The number of aryl methyl sites for hydroxylation is 1. The van der Waals surface area contributed by atoms with Gasteiger partial charge in [0.2, 0.25) is 0 Å². The summed E-state index contributed by atoms with van der Waals surface area (Å²) in [4.78, 5) is 24.0. The van der Waals surface area contributed by atoms with Gasteiger partial charge >= 0.3 is 5.97 Å². The molecule has 0 aliphatic heterocycles. The molecule has 0 unspecified atom stereocenters. The van der Waals surface area contributed by atoms with Crippen LogP contribution < -0.4 is 5.32 Å². The number of hydrogen-bond donors (Lipinski definition) is 1. The fraction of sp³-hybridized carbons (Fsp3) is 0.300. The molecule has 2 aromatic rings. The summed E-state index contributed by atoms with van der Waals surface area (Å²) in [5.74, 6) is -0.507. The summed E-state index contributed by atoms with van der Waals surface area (Å²) in [6.07, 6.45) is 2.78. The van der Waals surface area contributed by atoms with E-state index in [1.165, 1.54) is 5.56 Å². The minimum atomic E-state index is -0.337. The normalized spacial score (nSPS) is 10.2. The van der Waals surface area contributed by atoms with E-state index >= 15 is 0 Å². The monoisotopic (exact) mass is 325 g/mol. The molecule has 0 bridgehead atoms. The van der Waals surface area contributed by atoms with Crippen LogP contribution in [0.15, 0.2) is 48.5 Å². The fourth-order valence-corrected chi connectivity index (χ4v) is 2.18. The number of rotatable bonds is 7. The molecule has 0 atom stereocenters. The molecule has 2 aromatic carbocycles. The van der Waals surface area contributed by atoms with Gasteiger partial charge in [0.1, 0.15) is 0 Å². The molecule has 0 spiro atoms. The van der Waals surface area contributed by atoms with Crippen molar-refractivity contribution < 1.29 is 14.3 Å². The first kappa shape index (κ1) is 17.7. The van der Waals surface area contributed by atoms with Crippen molar-refractivity contribution in [2.75, 3.05) is 11.9 Å². The second-order valence-electron chi connectivity index (χ2n) is 5.57. The molecule has 4 heteroatoms. The highest BCUT2D eigenvalue weighted by molar-refractivity contribution is 6.04. The quantitative estimate of drug-likeness (QED) is 0.604. The SMILES string of the molecule is CCCCOC(=O)c1ccc(NC(=O)c2ccc(CC)cc2)cc1. The zero-order chi connectivity index (χ0) is 17.4. The summed E-state index contributed by atoms with van der Waals surface area (Å²) < 4.78 is 5.15. The second-order valence-corrected chi connectivity index (χ2v) is 5.57. The number of amides is 1. The molecular weight excluding hydrogens is 302 g/mol. The van der Waals surface area contributed by atoms with E-state index < -0.39 is 0 Å². The Bertz CT molecular complexity index is 675. The maximum atomic E-state index is 12.2. The van der Waals surface area contributed by atoms with E-state index in [-0.39, 0.29) is 11.9 Å². The Morgan fingerprint density at radius 3 is 2.12 bits per heavy atom. The number of hydrogen-bond acceptors (Lipinski definition) is 3. The number of carbonyl (C=O) groups excluding carboxylic acids is 2. The highest BCUT2D eigenvalue weighted by Gasteiger charge is 2.09. The Labute approximate surface area is 142 Å². The highest BCUT2D eigenvalue weighted by Crippen LogP contribution is 2.13. The van der Waals surface area contributed by atoms with E-state index in [1.807, 2.05) is 31.2 Å². The third-order valence-corrected chi connectivity index (χ3v) is 3.73. The Balaban J connectivity index is 1.95. The summed E-state index contributed by atoms with van der Waals surface area (Å²) >= 11 is 0. The van der Waals surface area contributed by atoms with Gasteiger partial charge in [0.05, 0.1) is 12.2 Å². The number of anilines is 1. The molecule has 0 fully saturated rings. The number of benzene rings is 2. The fourth-order valence-electron chi connectivity index (χ4n) is 2.18. The average Bonchev–Trinajstić information content (AvgIpc) is 2.62. The zero-order valence-corrected chi connectivity index (χ0v) is 14.2. The van der Waals surface area contributed by atoms with Crippen LogP contribution in [-0.4, -0.2) is 18.5 Å². The van der Waals surface area contributed by atoms with Crippen LogP contribution in [0, 0.1) is 0 Å². The minimum Gasteiger partial charge on any atom is -0.462 e. The van der Waals surface area contributed by atoms with Crippen LogP contribution >= 0.6 is 0 Å². The van der Waals surface area contributed by atoms with Crippen molar-refractivity contribution in [1.29, 1.82) is 0 Å². The lowest BCUT2D eigenvalue weighted by atomic mass is 10.1. The lowest BCUT2D eigenvalue weighted by molar-refractivity contribution is 0.0499. The first-order valence-corrected chi connectivity index (χ1v) is 8.31. The largest absolute Gasteiger partial charge is 0.462 e. The number of ether oxygens (including phenoxy) is 1. The van der Waals surface area contributed by atoms with Gasteiger partial charge in [-0.25, -0.2) is 4.79 Å². The van der Waals surface area contributed by atoms with E-state index in [0.29, 0.717) is 23.4 Å². The molecule has 24 heavy (non-hydrogen) atoms. The van der Waals surface area contributed by atoms with E-state index in [9.17, 15) is 9.59 Å². The first-order chi connectivity index (χ1) is 11.6. The maximum absolute atomic E-state index is 12.2. The van der Waals surface area contributed by atoms with Crippen LogP contribution in [-0.2, 0) is 11.2 Å². The Morgan fingerprint density at radius 1 is 0.917 bits per heavy atom. The van der Waals surface area contributed by atoms with Gasteiger partial charge < -0.3 is 10.1 Å². The van der Waals surface area contributed by atoms with Crippen LogP contribution in [0.3, 0.4) is 0 Å². The van der Waals surface area contributed by atoms with E-state index in [0.717, 1.165) is 19.3 Å². The Morgan fingerprint density at radius 2 is 1.54 bits per heavy atom. The van der Waals surface area contributed by atoms with Crippen LogP contribution in [0.25, 0.3) is 0 Å². The van der Waals surface area contributed by atoms with Gasteiger partial charge in [0.25, 0.3) is 5.91 Å². The molecule has 0 aromatic heterocycles. The Kier molecular flexibility index (Phi) is 6.55.